The number of nitrogens with zero attached hydrogens (tertiary/aromatic N) is 1. The van der Waals surface area contributed by atoms with Gasteiger partial charge in [0.2, 0.25) is 0 Å². The van der Waals surface area contributed by atoms with Crippen LogP contribution in [0.5, 0.6) is 5.75 Å². The Kier molecular flexibility index (Phi) is 2.49. The molecule has 2 rings (SSSR count). The molecule has 0 saturated carbocycles. The molecule has 0 unspecified atom stereocenters. The van der Waals surface area contributed by atoms with E-state index in [9.17, 15) is 4.39 Å². The lowest BCUT2D eigenvalue weighted by Gasteiger charge is -2.09. The molecule has 0 aliphatic heterocycles. The van der Waals surface area contributed by atoms with Gasteiger partial charge in [-0.25, -0.2) is 9.37 Å². The molecule has 0 aliphatic rings. The van der Waals surface area contributed by atoms with Crippen LogP contribution in [0, 0.1) is 12.7 Å². The van der Waals surface area contributed by atoms with Crippen LogP contribution >= 0.6 is 11.6 Å². The number of rotatable bonds is 1. The molecule has 4 heteroatoms. The lowest BCUT2D eigenvalue weighted by Crippen LogP contribution is -1.93. The highest BCUT2D eigenvalue weighted by Crippen LogP contribution is 2.32. The van der Waals surface area contributed by atoms with Gasteiger partial charge in [0.15, 0.2) is 0 Å². The van der Waals surface area contributed by atoms with Crippen molar-refractivity contribution in [1.29, 1.82) is 0 Å². The Morgan fingerprint density at radius 2 is 2.07 bits per heavy atom. The van der Waals surface area contributed by atoms with Gasteiger partial charge in [0, 0.05) is 10.8 Å². The highest BCUT2D eigenvalue weighted by Gasteiger charge is 2.11. The molecule has 0 atom stereocenters. The van der Waals surface area contributed by atoms with Crippen molar-refractivity contribution >= 4 is 22.4 Å². The van der Waals surface area contributed by atoms with Gasteiger partial charge in [-0.05, 0) is 25.1 Å². The topological polar surface area (TPSA) is 22.1 Å². The summed E-state index contributed by atoms with van der Waals surface area (Å²) in [5, 5.41) is 1.71. The van der Waals surface area contributed by atoms with Crippen molar-refractivity contribution in [2.24, 2.45) is 0 Å². The van der Waals surface area contributed by atoms with E-state index in [0.717, 1.165) is 0 Å². The number of benzene rings is 1. The minimum Gasteiger partial charge on any atom is -0.494 e. The third-order valence-electron chi connectivity index (χ3n) is 2.25. The number of pyridine rings is 1. The van der Waals surface area contributed by atoms with E-state index in [0.29, 0.717) is 27.4 Å². The first-order valence-electron chi connectivity index (χ1n) is 4.43. The van der Waals surface area contributed by atoms with E-state index in [1.807, 2.05) is 0 Å². The van der Waals surface area contributed by atoms with Crippen LogP contribution in [-0.2, 0) is 0 Å². The molecule has 0 fully saturated rings. The van der Waals surface area contributed by atoms with Crippen LogP contribution < -0.4 is 4.74 Å². The van der Waals surface area contributed by atoms with Crippen LogP contribution in [0.25, 0.3) is 10.8 Å². The fourth-order valence-corrected chi connectivity index (χ4v) is 1.89. The fraction of sp³-hybridized carbons (Fsp3) is 0.182. The van der Waals surface area contributed by atoms with Gasteiger partial charge >= 0.3 is 0 Å². The number of fused-ring (bicyclic) bond motifs is 1. The zero-order valence-electron chi connectivity index (χ0n) is 8.34. The maximum Gasteiger partial charge on any atom is 0.148 e. The monoisotopic (exact) mass is 225 g/mol. The van der Waals surface area contributed by atoms with Crippen molar-refractivity contribution < 1.29 is 9.13 Å². The minimum absolute atomic E-state index is 0.317. The van der Waals surface area contributed by atoms with Crippen molar-refractivity contribution in [2.75, 3.05) is 7.11 Å². The zero-order valence-corrected chi connectivity index (χ0v) is 9.10. The molecular weight excluding hydrogens is 217 g/mol. The summed E-state index contributed by atoms with van der Waals surface area (Å²) < 4.78 is 18.3. The normalized spacial score (nSPS) is 10.7. The largest absolute Gasteiger partial charge is 0.494 e. The Labute approximate surface area is 91.6 Å². The molecule has 15 heavy (non-hydrogen) atoms. The number of aromatic nitrogens is 1. The second-order valence-electron chi connectivity index (χ2n) is 3.21. The Hall–Kier alpha value is -1.35. The summed E-state index contributed by atoms with van der Waals surface area (Å²) in [6.45, 7) is 1.77. The lowest BCUT2D eigenvalue weighted by molar-refractivity contribution is 0.414. The summed E-state index contributed by atoms with van der Waals surface area (Å²) in [4.78, 5) is 4.12. The third kappa shape index (κ3) is 1.63. The first-order chi connectivity index (χ1) is 7.13. The Morgan fingerprint density at radius 1 is 1.33 bits per heavy atom. The van der Waals surface area contributed by atoms with Gasteiger partial charge < -0.3 is 4.74 Å². The average Bonchev–Trinajstić information content (AvgIpc) is 2.17. The predicted molar refractivity (Wildman–Crippen MR) is 58.0 cm³/mol. The SMILES string of the molecule is COc1c(C)nc(Cl)c2ccc(F)cc12. The van der Waals surface area contributed by atoms with E-state index in [4.69, 9.17) is 16.3 Å². The molecule has 2 nitrogen and oxygen atoms in total. The summed E-state index contributed by atoms with van der Waals surface area (Å²) >= 11 is 5.95. The maximum absolute atomic E-state index is 13.1. The van der Waals surface area contributed by atoms with E-state index in [1.54, 1.807) is 13.0 Å². The van der Waals surface area contributed by atoms with Crippen LogP contribution in [0.4, 0.5) is 4.39 Å². The quantitative estimate of drug-likeness (QED) is 0.695. The standard InChI is InChI=1S/C11H9ClFNO/c1-6-10(15-2)9-5-7(13)3-4-8(9)11(12)14-6/h3-5H,1-2H3. The van der Waals surface area contributed by atoms with Gasteiger partial charge in [-0.1, -0.05) is 11.6 Å². The molecular formula is C11H9ClFNO. The molecule has 0 spiro atoms. The first kappa shape index (κ1) is 10.2. The highest BCUT2D eigenvalue weighted by atomic mass is 35.5. The molecule has 0 N–H and O–H groups in total. The van der Waals surface area contributed by atoms with Gasteiger partial charge in [0.25, 0.3) is 0 Å². The van der Waals surface area contributed by atoms with E-state index in [1.165, 1.54) is 19.2 Å². The van der Waals surface area contributed by atoms with Crippen LogP contribution in [0.1, 0.15) is 5.69 Å². The summed E-state index contributed by atoms with van der Waals surface area (Å²) in [6, 6.07) is 4.35. The summed E-state index contributed by atoms with van der Waals surface area (Å²) in [5.41, 5.74) is 0.653. The second-order valence-corrected chi connectivity index (χ2v) is 3.57. The van der Waals surface area contributed by atoms with Gasteiger partial charge in [0.1, 0.15) is 16.7 Å². The molecule has 0 aliphatic carbocycles. The molecule has 78 valence electrons. The molecule has 0 bridgehead atoms. The third-order valence-corrected chi connectivity index (χ3v) is 2.54. The number of aryl methyl sites for hydroxylation is 1. The van der Waals surface area contributed by atoms with Crippen LogP contribution in [0.2, 0.25) is 5.15 Å². The number of hydrogen-bond donors (Lipinski definition) is 0. The summed E-state index contributed by atoms with van der Waals surface area (Å²) in [5.74, 6) is 0.247. The molecule has 1 heterocycles. The van der Waals surface area contributed by atoms with E-state index >= 15 is 0 Å². The second kappa shape index (κ2) is 3.66. The van der Waals surface area contributed by atoms with Crippen LogP contribution in [-0.4, -0.2) is 12.1 Å². The van der Waals surface area contributed by atoms with Gasteiger partial charge in [0.05, 0.1) is 12.8 Å². The van der Waals surface area contributed by atoms with Gasteiger partial charge in [-0.2, -0.15) is 0 Å². The molecule has 1 aromatic carbocycles. The number of halogens is 2. The smallest absolute Gasteiger partial charge is 0.148 e. The van der Waals surface area contributed by atoms with Gasteiger partial charge in [-0.3, -0.25) is 0 Å². The molecule has 0 saturated heterocycles. The van der Waals surface area contributed by atoms with Crippen molar-refractivity contribution in [3.63, 3.8) is 0 Å². The Bertz CT molecular complexity index is 527. The molecule has 1 aromatic heterocycles. The Balaban J connectivity index is 2.91. The first-order valence-corrected chi connectivity index (χ1v) is 4.80. The van der Waals surface area contributed by atoms with E-state index in [2.05, 4.69) is 4.98 Å². The van der Waals surface area contributed by atoms with Crippen LogP contribution in [0.15, 0.2) is 18.2 Å². The van der Waals surface area contributed by atoms with Crippen molar-refractivity contribution in [3.8, 4) is 5.75 Å². The van der Waals surface area contributed by atoms with E-state index in [-0.39, 0.29) is 5.82 Å². The van der Waals surface area contributed by atoms with E-state index < -0.39 is 0 Å². The summed E-state index contributed by atoms with van der Waals surface area (Å²) in [6.07, 6.45) is 0. The maximum atomic E-state index is 13.1. The number of methoxy groups -OCH3 is 1. The zero-order chi connectivity index (χ0) is 11.0. The van der Waals surface area contributed by atoms with Crippen LogP contribution in [0.3, 0.4) is 0 Å². The van der Waals surface area contributed by atoms with Crippen molar-refractivity contribution in [2.45, 2.75) is 6.92 Å². The number of ether oxygens (including phenoxy) is 1. The molecule has 0 amide bonds. The van der Waals surface area contributed by atoms with Gasteiger partial charge in [-0.15, -0.1) is 0 Å². The highest BCUT2D eigenvalue weighted by molar-refractivity contribution is 6.34. The average molecular weight is 226 g/mol. The van der Waals surface area contributed by atoms with Crippen molar-refractivity contribution in [1.82, 2.24) is 4.98 Å². The number of hydrogen-bond acceptors (Lipinski definition) is 2. The lowest BCUT2D eigenvalue weighted by atomic mass is 10.1. The molecule has 2 aromatic rings. The summed E-state index contributed by atoms with van der Waals surface area (Å²) in [7, 11) is 1.53. The minimum atomic E-state index is -0.317. The molecule has 0 radical (unpaired) electrons. The Morgan fingerprint density at radius 3 is 2.73 bits per heavy atom. The predicted octanol–water partition coefficient (Wildman–Crippen LogP) is 3.34. The fourth-order valence-electron chi connectivity index (χ4n) is 1.60. The van der Waals surface area contributed by atoms with Crippen molar-refractivity contribution in [3.05, 3.63) is 34.9 Å².